The monoisotopic (exact) mass is 363 g/mol. The molecular formula is C19H13N3O3S. The van der Waals surface area contributed by atoms with Crippen molar-refractivity contribution < 1.29 is 14.3 Å². The van der Waals surface area contributed by atoms with Crippen LogP contribution in [0.15, 0.2) is 48.7 Å². The number of hydrogen-bond acceptors (Lipinski definition) is 6. The summed E-state index contributed by atoms with van der Waals surface area (Å²) in [5.41, 5.74) is 1.15. The number of amides is 1. The molecule has 4 aromatic rings. The Bertz CT molecular complexity index is 1110. The number of carbonyl (C=O) groups excluding carboxylic acids is 1. The SMILES string of the molecule is O=C(Nc1nc2cc3c(cc2s1)OCCO3)c1nccc2ccccc12. The van der Waals surface area contributed by atoms with Crippen molar-refractivity contribution in [3.8, 4) is 11.5 Å². The summed E-state index contributed by atoms with van der Waals surface area (Å²) in [6, 6.07) is 13.3. The molecule has 2 aromatic heterocycles. The molecule has 0 fully saturated rings. The first-order valence-corrected chi connectivity index (χ1v) is 8.95. The average Bonchev–Trinajstić information content (AvgIpc) is 3.06. The highest BCUT2D eigenvalue weighted by Gasteiger charge is 2.17. The lowest BCUT2D eigenvalue weighted by molar-refractivity contribution is 0.102. The number of benzene rings is 2. The van der Waals surface area contributed by atoms with Crippen molar-refractivity contribution in [3.63, 3.8) is 0 Å². The number of fused-ring (bicyclic) bond motifs is 3. The fraction of sp³-hybridized carbons (Fsp3) is 0.105. The van der Waals surface area contributed by atoms with Crippen molar-refractivity contribution in [1.29, 1.82) is 0 Å². The van der Waals surface area contributed by atoms with Gasteiger partial charge in [-0.15, -0.1) is 0 Å². The Morgan fingerprint density at radius 1 is 1.08 bits per heavy atom. The maximum atomic E-state index is 12.7. The quantitative estimate of drug-likeness (QED) is 0.585. The Hall–Kier alpha value is -3.19. The summed E-state index contributed by atoms with van der Waals surface area (Å²) in [4.78, 5) is 21.4. The molecule has 2 aromatic carbocycles. The normalized spacial score (nSPS) is 13.1. The first-order valence-electron chi connectivity index (χ1n) is 8.13. The number of ether oxygens (including phenoxy) is 2. The van der Waals surface area contributed by atoms with E-state index in [0.29, 0.717) is 35.5 Å². The molecule has 128 valence electrons. The van der Waals surface area contributed by atoms with E-state index in [0.717, 1.165) is 21.0 Å². The van der Waals surface area contributed by atoms with Crippen molar-refractivity contribution in [1.82, 2.24) is 9.97 Å². The molecule has 0 unspecified atom stereocenters. The van der Waals surface area contributed by atoms with Crippen LogP contribution in [0.5, 0.6) is 11.5 Å². The molecule has 0 aliphatic carbocycles. The van der Waals surface area contributed by atoms with Gasteiger partial charge >= 0.3 is 0 Å². The highest BCUT2D eigenvalue weighted by Crippen LogP contribution is 2.37. The molecule has 1 N–H and O–H groups in total. The molecule has 7 heteroatoms. The molecule has 1 aliphatic rings. The number of nitrogens with zero attached hydrogens (tertiary/aromatic N) is 2. The Balaban J connectivity index is 1.49. The van der Waals surface area contributed by atoms with Crippen LogP contribution in [0.1, 0.15) is 10.5 Å². The van der Waals surface area contributed by atoms with Crippen LogP contribution in [-0.4, -0.2) is 29.1 Å². The van der Waals surface area contributed by atoms with Crippen LogP contribution in [0.4, 0.5) is 5.13 Å². The van der Waals surface area contributed by atoms with Crippen molar-refractivity contribution in [3.05, 3.63) is 54.4 Å². The number of pyridine rings is 1. The number of anilines is 1. The number of hydrogen-bond donors (Lipinski definition) is 1. The fourth-order valence-corrected chi connectivity index (χ4v) is 3.85. The second kappa shape index (κ2) is 5.96. The summed E-state index contributed by atoms with van der Waals surface area (Å²) in [5, 5.41) is 5.15. The van der Waals surface area contributed by atoms with Gasteiger partial charge in [0.05, 0.1) is 10.2 Å². The molecule has 0 saturated carbocycles. The van der Waals surface area contributed by atoms with Gasteiger partial charge in [0, 0.05) is 23.7 Å². The van der Waals surface area contributed by atoms with E-state index in [1.54, 1.807) is 6.20 Å². The number of aromatic nitrogens is 2. The minimum absolute atomic E-state index is 0.280. The zero-order chi connectivity index (χ0) is 17.5. The van der Waals surface area contributed by atoms with Gasteiger partial charge in [-0.1, -0.05) is 35.6 Å². The molecule has 0 bridgehead atoms. The van der Waals surface area contributed by atoms with E-state index < -0.39 is 0 Å². The zero-order valence-corrected chi connectivity index (χ0v) is 14.4. The van der Waals surface area contributed by atoms with Crippen LogP contribution in [0.25, 0.3) is 21.0 Å². The Kier molecular flexibility index (Phi) is 3.46. The number of thiazole rings is 1. The summed E-state index contributed by atoms with van der Waals surface area (Å²) in [6.45, 7) is 1.06. The molecular weight excluding hydrogens is 350 g/mol. The van der Waals surface area contributed by atoms with Crippen LogP contribution >= 0.6 is 11.3 Å². The van der Waals surface area contributed by atoms with E-state index in [9.17, 15) is 4.79 Å². The van der Waals surface area contributed by atoms with Gasteiger partial charge < -0.3 is 9.47 Å². The summed E-state index contributed by atoms with van der Waals surface area (Å²) >= 11 is 1.39. The van der Waals surface area contributed by atoms with Gasteiger partial charge in [0.25, 0.3) is 5.91 Å². The standard InChI is InChI=1S/C19H13N3O3S/c23-18(17-12-4-2-1-3-11(12)5-6-20-17)22-19-21-13-9-14-15(10-16(13)26-19)25-8-7-24-14/h1-6,9-10H,7-8H2,(H,21,22,23). The third-order valence-corrected chi connectivity index (χ3v) is 5.10. The van der Waals surface area contributed by atoms with Gasteiger partial charge in [0.2, 0.25) is 0 Å². The molecule has 0 saturated heterocycles. The zero-order valence-electron chi connectivity index (χ0n) is 13.6. The second-order valence-electron chi connectivity index (χ2n) is 5.82. The van der Waals surface area contributed by atoms with Gasteiger partial charge in [-0.05, 0) is 11.5 Å². The third kappa shape index (κ3) is 2.53. The smallest absolute Gasteiger partial charge is 0.276 e. The summed E-state index contributed by atoms with van der Waals surface area (Å²) in [5.74, 6) is 1.11. The van der Waals surface area contributed by atoms with E-state index in [4.69, 9.17) is 9.47 Å². The number of carbonyl (C=O) groups is 1. The van der Waals surface area contributed by atoms with Gasteiger partial charge in [0.15, 0.2) is 16.6 Å². The van der Waals surface area contributed by atoms with E-state index in [-0.39, 0.29) is 5.91 Å². The highest BCUT2D eigenvalue weighted by atomic mass is 32.1. The van der Waals surface area contributed by atoms with Crippen molar-refractivity contribution in [2.24, 2.45) is 0 Å². The molecule has 1 aliphatic heterocycles. The Labute approximate surface area is 152 Å². The number of nitrogens with one attached hydrogen (secondary N) is 1. The molecule has 0 atom stereocenters. The largest absolute Gasteiger partial charge is 0.486 e. The predicted molar refractivity (Wildman–Crippen MR) is 100 cm³/mol. The summed E-state index contributed by atoms with van der Waals surface area (Å²) in [6.07, 6.45) is 1.64. The predicted octanol–water partition coefficient (Wildman–Crippen LogP) is 3.87. The summed E-state index contributed by atoms with van der Waals surface area (Å²) < 4.78 is 12.1. The third-order valence-electron chi connectivity index (χ3n) is 4.16. The number of rotatable bonds is 2. The molecule has 26 heavy (non-hydrogen) atoms. The van der Waals surface area contributed by atoms with E-state index in [1.807, 2.05) is 42.5 Å². The van der Waals surface area contributed by atoms with Crippen LogP contribution in [-0.2, 0) is 0 Å². The molecule has 1 amide bonds. The first-order chi connectivity index (χ1) is 12.8. The van der Waals surface area contributed by atoms with E-state index in [2.05, 4.69) is 15.3 Å². The molecule has 0 spiro atoms. The summed E-state index contributed by atoms with van der Waals surface area (Å²) in [7, 11) is 0. The van der Waals surface area contributed by atoms with Crippen molar-refractivity contribution in [2.75, 3.05) is 18.5 Å². The fourth-order valence-electron chi connectivity index (χ4n) is 2.98. The minimum atomic E-state index is -0.280. The van der Waals surface area contributed by atoms with Crippen LogP contribution in [0.3, 0.4) is 0 Å². The van der Waals surface area contributed by atoms with Gasteiger partial charge in [-0.25, -0.2) is 4.98 Å². The average molecular weight is 363 g/mol. The topological polar surface area (TPSA) is 73.3 Å². The minimum Gasteiger partial charge on any atom is -0.486 e. The van der Waals surface area contributed by atoms with E-state index in [1.165, 1.54) is 11.3 Å². The van der Waals surface area contributed by atoms with Gasteiger partial charge in [0.1, 0.15) is 18.9 Å². The van der Waals surface area contributed by atoms with E-state index >= 15 is 0 Å². The first kappa shape index (κ1) is 15.1. The molecule has 0 radical (unpaired) electrons. The van der Waals surface area contributed by atoms with Crippen LogP contribution < -0.4 is 14.8 Å². The Morgan fingerprint density at radius 3 is 2.77 bits per heavy atom. The van der Waals surface area contributed by atoms with Crippen LogP contribution in [0.2, 0.25) is 0 Å². The molecule has 3 heterocycles. The lowest BCUT2D eigenvalue weighted by Crippen LogP contribution is -2.15. The highest BCUT2D eigenvalue weighted by molar-refractivity contribution is 7.22. The Morgan fingerprint density at radius 2 is 1.88 bits per heavy atom. The maximum absolute atomic E-state index is 12.7. The van der Waals surface area contributed by atoms with Gasteiger partial charge in [-0.2, -0.15) is 0 Å². The molecule has 5 rings (SSSR count). The molecule has 6 nitrogen and oxygen atoms in total. The lowest BCUT2D eigenvalue weighted by Gasteiger charge is -2.17. The lowest BCUT2D eigenvalue weighted by atomic mass is 10.1. The second-order valence-corrected chi connectivity index (χ2v) is 6.85. The van der Waals surface area contributed by atoms with Crippen LogP contribution in [0, 0.1) is 0 Å². The van der Waals surface area contributed by atoms with Gasteiger partial charge in [-0.3, -0.25) is 15.1 Å². The maximum Gasteiger partial charge on any atom is 0.276 e. The van der Waals surface area contributed by atoms with Crippen molar-refractivity contribution in [2.45, 2.75) is 0 Å². The van der Waals surface area contributed by atoms with Crippen molar-refractivity contribution >= 4 is 43.4 Å².